The van der Waals surface area contributed by atoms with E-state index in [-0.39, 0.29) is 33.4 Å². The van der Waals surface area contributed by atoms with E-state index in [0.29, 0.717) is 25.9 Å². The Morgan fingerprint density at radius 2 is 2.07 bits per heavy atom. The highest BCUT2D eigenvalue weighted by atomic mass is 32.2. The maximum Gasteiger partial charge on any atom is 0.410 e. The minimum atomic E-state index is -3.75. The molecule has 1 aromatic heterocycles. The average molecular weight is 436 g/mol. The molecule has 30 heavy (non-hydrogen) atoms. The van der Waals surface area contributed by atoms with Gasteiger partial charge in [-0.15, -0.1) is 0 Å². The van der Waals surface area contributed by atoms with E-state index in [9.17, 15) is 23.3 Å². The quantitative estimate of drug-likeness (QED) is 0.528. The standard InChI is InChI=1S/C19H24N4O6S/c1-19(2,3)29-18(24)22-8-4-5-13(11-22)12-30(27,28)17-10-20-16-9-14(23(25)26)6-7-15(16)21-17/h6-7,9-10,13H,4-5,8,11-12H2,1-3H3/t13-/m0/s1. The number of ether oxygens (including phenoxy) is 1. The number of sulfone groups is 1. The second-order valence-corrected chi connectivity index (χ2v) is 10.3. The fourth-order valence-corrected chi connectivity index (χ4v) is 4.85. The van der Waals surface area contributed by atoms with Crippen molar-refractivity contribution >= 4 is 32.7 Å². The van der Waals surface area contributed by atoms with Crippen molar-refractivity contribution in [3.05, 3.63) is 34.5 Å². The normalized spacial score (nSPS) is 17.7. The first-order valence-electron chi connectivity index (χ1n) is 9.56. The topological polar surface area (TPSA) is 133 Å². The number of aromatic nitrogens is 2. The van der Waals surface area contributed by atoms with Crippen LogP contribution in [0.25, 0.3) is 11.0 Å². The molecule has 1 aliphatic heterocycles. The van der Waals surface area contributed by atoms with Crippen molar-refractivity contribution in [1.29, 1.82) is 0 Å². The molecule has 2 aromatic rings. The van der Waals surface area contributed by atoms with Gasteiger partial charge in [0.2, 0.25) is 0 Å². The Bertz CT molecular complexity index is 1080. The summed E-state index contributed by atoms with van der Waals surface area (Å²) in [6.45, 7) is 6.17. The zero-order valence-electron chi connectivity index (χ0n) is 17.1. The summed E-state index contributed by atoms with van der Waals surface area (Å²) in [5, 5.41) is 10.7. The number of nitro groups is 1. The van der Waals surface area contributed by atoms with Crippen LogP contribution in [0.3, 0.4) is 0 Å². The SMILES string of the molecule is CC(C)(C)OC(=O)N1CCC[C@H](CS(=O)(=O)c2cnc3cc([N+](=O)[O-])ccc3n2)C1. The Hall–Kier alpha value is -2.82. The number of amides is 1. The number of likely N-dealkylation sites (tertiary alicyclic amines) is 1. The largest absolute Gasteiger partial charge is 0.444 e. The van der Waals surface area contributed by atoms with E-state index in [1.807, 2.05) is 0 Å². The van der Waals surface area contributed by atoms with Gasteiger partial charge in [-0.05, 0) is 45.6 Å². The maximum atomic E-state index is 12.9. The molecular formula is C19H24N4O6S. The second kappa shape index (κ2) is 8.13. The van der Waals surface area contributed by atoms with Crippen LogP contribution in [-0.4, -0.2) is 58.7 Å². The molecule has 0 saturated carbocycles. The number of non-ortho nitro benzene ring substituents is 1. The molecule has 0 bridgehead atoms. The Morgan fingerprint density at radius 3 is 2.73 bits per heavy atom. The lowest BCUT2D eigenvalue weighted by Gasteiger charge is -2.33. The molecule has 0 aliphatic carbocycles. The van der Waals surface area contributed by atoms with Gasteiger partial charge in [-0.3, -0.25) is 15.1 Å². The first-order chi connectivity index (χ1) is 13.9. The molecule has 1 saturated heterocycles. The second-order valence-electron chi connectivity index (χ2n) is 8.35. The van der Waals surface area contributed by atoms with Gasteiger partial charge >= 0.3 is 6.09 Å². The third kappa shape index (κ3) is 5.21. The number of benzene rings is 1. The number of fused-ring (bicyclic) bond motifs is 1. The molecular weight excluding hydrogens is 412 g/mol. The molecule has 3 rings (SSSR count). The fraction of sp³-hybridized carbons (Fsp3) is 0.526. The molecule has 1 aromatic carbocycles. The number of nitrogens with zero attached hydrogens (tertiary/aromatic N) is 4. The van der Waals surface area contributed by atoms with E-state index >= 15 is 0 Å². The summed E-state index contributed by atoms with van der Waals surface area (Å²) in [6, 6.07) is 3.89. The van der Waals surface area contributed by atoms with Crippen LogP contribution in [0.5, 0.6) is 0 Å². The van der Waals surface area contributed by atoms with E-state index < -0.39 is 26.5 Å². The third-order valence-corrected chi connectivity index (χ3v) is 6.40. The van der Waals surface area contributed by atoms with E-state index in [0.717, 1.165) is 6.20 Å². The Morgan fingerprint density at radius 1 is 1.33 bits per heavy atom. The molecule has 0 N–H and O–H groups in total. The van der Waals surface area contributed by atoms with Crippen molar-refractivity contribution in [1.82, 2.24) is 14.9 Å². The van der Waals surface area contributed by atoms with Crippen molar-refractivity contribution in [3.63, 3.8) is 0 Å². The van der Waals surface area contributed by atoms with Crippen molar-refractivity contribution in [2.75, 3.05) is 18.8 Å². The van der Waals surface area contributed by atoms with E-state index in [2.05, 4.69) is 9.97 Å². The first kappa shape index (κ1) is 21.9. The molecule has 2 heterocycles. The van der Waals surface area contributed by atoms with Gasteiger partial charge < -0.3 is 9.64 Å². The first-order valence-corrected chi connectivity index (χ1v) is 11.2. The molecule has 1 aliphatic rings. The molecule has 1 amide bonds. The van der Waals surface area contributed by atoms with Gasteiger partial charge in [0.25, 0.3) is 5.69 Å². The van der Waals surface area contributed by atoms with Crippen LogP contribution in [0.15, 0.2) is 29.4 Å². The van der Waals surface area contributed by atoms with Crippen molar-refractivity contribution in [2.45, 2.75) is 44.2 Å². The van der Waals surface area contributed by atoms with Crippen molar-refractivity contribution in [3.8, 4) is 0 Å². The lowest BCUT2D eigenvalue weighted by molar-refractivity contribution is -0.384. The van der Waals surface area contributed by atoms with E-state index in [1.54, 1.807) is 25.7 Å². The summed E-state index contributed by atoms with van der Waals surface area (Å²) < 4.78 is 31.1. The summed E-state index contributed by atoms with van der Waals surface area (Å²) in [5.41, 5.74) is -0.249. The average Bonchev–Trinajstić information content (AvgIpc) is 2.65. The number of nitro benzene ring substituents is 1. The van der Waals surface area contributed by atoms with Crippen LogP contribution in [-0.2, 0) is 14.6 Å². The van der Waals surface area contributed by atoms with Gasteiger partial charge in [0, 0.05) is 25.2 Å². The van der Waals surface area contributed by atoms with Crippen LogP contribution in [0.2, 0.25) is 0 Å². The summed E-state index contributed by atoms with van der Waals surface area (Å²) in [6.07, 6.45) is 2.03. The number of rotatable bonds is 4. The van der Waals surface area contributed by atoms with Gasteiger partial charge in [0.1, 0.15) is 5.60 Å². The Balaban J connectivity index is 1.74. The molecule has 162 valence electrons. The molecule has 11 heteroatoms. The van der Waals surface area contributed by atoms with Crippen LogP contribution < -0.4 is 0 Å². The monoisotopic (exact) mass is 436 g/mol. The van der Waals surface area contributed by atoms with Gasteiger partial charge in [-0.25, -0.2) is 18.2 Å². The Kier molecular flexibility index (Phi) is 5.93. The van der Waals surface area contributed by atoms with Crippen LogP contribution >= 0.6 is 0 Å². The molecule has 10 nitrogen and oxygen atoms in total. The lowest BCUT2D eigenvalue weighted by atomic mass is 10.0. The predicted octanol–water partition coefficient (Wildman–Crippen LogP) is 2.96. The molecule has 0 spiro atoms. The van der Waals surface area contributed by atoms with Crippen molar-refractivity contribution < 1.29 is 22.9 Å². The number of carbonyl (C=O) groups is 1. The molecule has 0 radical (unpaired) electrons. The van der Waals surface area contributed by atoms with E-state index in [4.69, 9.17) is 4.74 Å². The summed E-state index contributed by atoms with van der Waals surface area (Å²) in [5.74, 6) is -0.412. The third-order valence-electron chi connectivity index (χ3n) is 4.66. The highest BCUT2D eigenvalue weighted by Gasteiger charge is 2.31. The summed E-state index contributed by atoms with van der Waals surface area (Å²) in [4.78, 5) is 32.3. The van der Waals surface area contributed by atoms with Gasteiger partial charge in [0.05, 0.1) is 27.9 Å². The van der Waals surface area contributed by atoms with Crippen LogP contribution in [0.1, 0.15) is 33.6 Å². The summed E-state index contributed by atoms with van der Waals surface area (Å²) >= 11 is 0. The maximum absolute atomic E-state index is 12.9. The van der Waals surface area contributed by atoms with Gasteiger partial charge in [-0.1, -0.05) is 0 Å². The molecule has 1 atom stereocenters. The van der Waals surface area contributed by atoms with E-state index in [1.165, 1.54) is 18.2 Å². The number of carbonyl (C=O) groups excluding carboxylic acids is 1. The predicted molar refractivity (Wildman–Crippen MR) is 109 cm³/mol. The fourth-order valence-electron chi connectivity index (χ4n) is 3.33. The zero-order valence-corrected chi connectivity index (χ0v) is 17.9. The highest BCUT2D eigenvalue weighted by Crippen LogP contribution is 2.24. The Labute approximate surface area is 174 Å². The van der Waals surface area contributed by atoms with Crippen LogP contribution in [0, 0.1) is 16.0 Å². The number of piperidine rings is 1. The number of hydrogen-bond acceptors (Lipinski definition) is 8. The summed E-state index contributed by atoms with van der Waals surface area (Å²) in [7, 11) is -3.75. The highest BCUT2D eigenvalue weighted by molar-refractivity contribution is 7.91. The molecule has 0 unspecified atom stereocenters. The van der Waals surface area contributed by atoms with Gasteiger partial charge in [-0.2, -0.15) is 0 Å². The van der Waals surface area contributed by atoms with Gasteiger partial charge in [0.15, 0.2) is 14.9 Å². The zero-order chi connectivity index (χ0) is 22.1. The van der Waals surface area contributed by atoms with Crippen molar-refractivity contribution in [2.24, 2.45) is 5.92 Å². The smallest absolute Gasteiger partial charge is 0.410 e. The lowest BCUT2D eigenvalue weighted by Crippen LogP contribution is -2.44. The minimum absolute atomic E-state index is 0.142. The number of hydrogen-bond donors (Lipinski definition) is 0. The molecule has 1 fully saturated rings. The minimum Gasteiger partial charge on any atom is -0.444 e. The van der Waals surface area contributed by atoms with Crippen LogP contribution in [0.4, 0.5) is 10.5 Å².